The third kappa shape index (κ3) is 4.98. The fourth-order valence-corrected chi connectivity index (χ4v) is 2.03. The average molecular weight is 236 g/mol. The second-order valence-corrected chi connectivity index (χ2v) is 7.84. The molecule has 0 heterocycles. The fraction of sp³-hybridized carbons (Fsp3) is 1.00. The van der Waals surface area contributed by atoms with Crippen molar-refractivity contribution >= 4 is 9.84 Å². The van der Waals surface area contributed by atoms with Crippen molar-refractivity contribution in [1.82, 2.24) is 0 Å². The van der Waals surface area contributed by atoms with Crippen LogP contribution in [0.5, 0.6) is 0 Å². The molecule has 0 bridgehead atoms. The van der Waals surface area contributed by atoms with E-state index in [1.807, 2.05) is 20.8 Å². The van der Waals surface area contributed by atoms with Crippen LogP contribution in [-0.2, 0) is 9.84 Å². The van der Waals surface area contributed by atoms with Crippen molar-refractivity contribution in [3.05, 3.63) is 0 Å². The van der Waals surface area contributed by atoms with Crippen molar-refractivity contribution in [2.45, 2.75) is 53.1 Å². The molecule has 0 saturated heterocycles. The third-order valence-corrected chi connectivity index (χ3v) is 4.96. The van der Waals surface area contributed by atoms with E-state index in [2.05, 4.69) is 0 Å². The summed E-state index contributed by atoms with van der Waals surface area (Å²) in [6.07, 6.45) is 1.05. The molecule has 0 amide bonds. The summed E-state index contributed by atoms with van der Waals surface area (Å²) in [5, 5.41) is 10.1. The van der Waals surface area contributed by atoms with E-state index in [4.69, 9.17) is 0 Å². The van der Waals surface area contributed by atoms with E-state index in [1.165, 1.54) is 0 Å². The highest BCUT2D eigenvalue weighted by Crippen LogP contribution is 2.33. The lowest BCUT2D eigenvalue weighted by Gasteiger charge is -2.37. The van der Waals surface area contributed by atoms with Crippen molar-refractivity contribution in [1.29, 1.82) is 0 Å². The first-order valence-electron chi connectivity index (χ1n) is 5.44. The van der Waals surface area contributed by atoms with E-state index in [-0.39, 0.29) is 16.9 Å². The van der Waals surface area contributed by atoms with Gasteiger partial charge in [-0.15, -0.1) is 0 Å². The van der Waals surface area contributed by atoms with Gasteiger partial charge in [0.2, 0.25) is 0 Å². The lowest BCUT2D eigenvalue weighted by molar-refractivity contribution is -0.0482. The molecule has 0 aromatic rings. The Morgan fingerprint density at radius 1 is 1.13 bits per heavy atom. The van der Waals surface area contributed by atoms with Crippen LogP contribution in [0.3, 0.4) is 0 Å². The third-order valence-electron chi connectivity index (χ3n) is 3.17. The first-order chi connectivity index (χ1) is 6.52. The average Bonchev–Trinajstić information content (AvgIpc) is 2.01. The van der Waals surface area contributed by atoms with Crippen LogP contribution in [0.4, 0.5) is 0 Å². The van der Waals surface area contributed by atoms with Gasteiger partial charge in [0.1, 0.15) is 9.84 Å². The van der Waals surface area contributed by atoms with Gasteiger partial charge >= 0.3 is 0 Å². The Kier molecular flexibility index (Phi) is 4.80. The predicted molar refractivity (Wildman–Crippen MR) is 63.6 cm³/mol. The zero-order valence-corrected chi connectivity index (χ0v) is 11.3. The molecule has 0 aliphatic rings. The first-order valence-corrected chi connectivity index (χ1v) is 7.27. The second kappa shape index (κ2) is 4.83. The zero-order valence-electron chi connectivity index (χ0n) is 10.5. The van der Waals surface area contributed by atoms with Crippen LogP contribution in [0.15, 0.2) is 0 Å². The number of hydrogen-bond acceptors (Lipinski definition) is 3. The largest absolute Gasteiger partial charge is 0.390 e. The molecule has 0 aliphatic heterocycles. The smallest absolute Gasteiger partial charge is 0.150 e. The van der Waals surface area contributed by atoms with Gasteiger partial charge in [0.15, 0.2) is 0 Å². The quantitative estimate of drug-likeness (QED) is 0.794. The summed E-state index contributed by atoms with van der Waals surface area (Å²) in [4.78, 5) is 0. The lowest BCUT2D eigenvalue weighted by Crippen LogP contribution is -2.39. The van der Waals surface area contributed by atoms with Crippen molar-refractivity contribution in [2.75, 3.05) is 11.5 Å². The summed E-state index contributed by atoms with van der Waals surface area (Å²) < 4.78 is 22.5. The van der Waals surface area contributed by atoms with Gasteiger partial charge in [0.05, 0.1) is 11.4 Å². The van der Waals surface area contributed by atoms with Gasteiger partial charge in [0.25, 0.3) is 0 Å². The van der Waals surface area contributed by atoms with Crippen molar-refractivity contribution in [3.63, 3.8) is 0 Å². The minimum Gasteiger partial charge on any atom is -0.390 e. The Hall–Kier alpha value is -0.0900. The summed E-state index contributed by atoms with van der Waals surface area (Å²) in [5.41, 5.74) is -1.03. The van der Waals surface area contributed by atoms with E-state index >= 15 is 0 Å². The first kappa shape index (κ1) is 14.9. The van der Waals surface area contributed by atoms with Crippen LogP contribution < -0.4 is 0 Å². The normalized spacial score (nSPS) is 17.5. The molecule has 1 unspecified atom stereocenters. The van der Waals surface area contributed by atoms with E-state index in [1.54, 1.807) is 13.8 Å². The molecule has 0 radical (unpaired) electrons. The highest BCUT2D eigenvalue weighted by atomic mass is 32.2. The Labute approximate surface area is 93.8 Å². The molecule has 4 heteroatoms. The maximum absolute atomic E-state index is 11.3. The van der Waals surface area contributed by atoms with E-state index < -0.39 is 15.4 Å². The van der Waals surface area contributed by atoms with Gasteiger partial charge in [-0.05, 0) is 25.2 Å². The standard InChI is InChI=1S/C11H24O3S/c1-6-15(13,14)9-7-8-11(5,12)10(2,3)4/h12H,6-9H2,1-5H3. The van der Waals surface area contributed by atoms with Gasteiger partial charge in [-0.25, -0.2) is 8.42 Å². The molecule has 0 aromatic heterocycles. The van der Waals surface area contributed by atoms with Crippen molar-refractivity contribution < 1.29 is 13.5 Å². The molecule has 15 heavy (non-hydrogen) atoms. The topological polar surface area (TPSA) is 54.4 Å². The maximum Gasteiger partial charge on any atom is 0.150 e. The lowest BCUT2D eigenvalue weighted by atomic mass is 9.75. The minimum atomic E-state index is -2.90. The molecule has 0 aliphatic carbocycles. The Balaban J connectivity index is 4.19. The van der Waals surface area contributed by atoms with Crippen LogP contribution in [0, 0.1) is 5.41 Å². The number of rotatable bonds is 5. The molecule has 0 spiro atoms. The van der Waals surface area contributed by atoms with Crippen molar-refractivity contribution in [3.8, 4) is 0 Å². The van der Waals surface area contributed by atoms with Crippen LogP contribution in [0.25, 0.3) is 0 Å². The summed E-state index contributed by atoms with van der Waals surface area (Å²) >= 11 is 0. The highest BCUT2D eigenvalue weighted by molar-refractivity contribution is 7.91. The number of aliphatic hydroxyl groups is 1. The van der Waals surface area contributed by atoms with E-state index in [0.717, 1.165) is 0 Å². The summed E-state index contributed by atoms with van der Waals surface area (Å²) in [5.74, 6) is 0.361. The Bertz CT molecular complexity index is 283. The van der Waals surface area contributed by atoms with E-state index in [0.29, 0.717) is 12.8 Å². The SMILES string of the molecule is CCS(=O)(=O)CCCC(C)(O)C(C)(C)C. The Morgan fingerprint density at radius 3 is 1.93 bits per heavy atom. The van der Waals surface area contributed by atoms with Crippen LogP contribution in [0.1, 0.15) is 47.5 Å². The van der Waals surface area contributed by atoms with Gasteiger partial charge in [-0.2, -0.15) is 0 Å². The van der Waals surface area contributed by atoms with Crippen LogP contribution in [0.2, 0.25) is 0 Å². The van der Waals surface area contributed by atoms with Gasteiger partial charge in [-0.3, -0.25) is 0 Å². The molecule has 0 saturated carbocycles. The van der Waals surface area contributed by atoms with Crippen molar-refractivity contribution in [2.24, 2.45) is 5.41 Å². The summed E-state index contributed by atoms with van der Waals surface area (Å²) in [7, 11) is -2.90. The Morgan fingerprint density at radius 2 is 1.60 bits per heavy atom. The van der Waals surface area contributed by atoms with E-state index in [9.17, 15) is 13.5 Å². The predicted octanol–water partition coefficient (Wildman–Crippen LogP) is 2.00. The molecular weight excluding hydrogens is 212 g/mol. The molecule has 0 rings (SSSR count). The zero-order chi connectivity index (χ0) is 12.3. The monoisotopic (exact) mass is 236 g/mol. The second-order valence-electron chi connectivity index (χ2n) is 5.36. The molecule has 0 fully saturated rings. The molecule has 92 valence electrons. The molecule has 0 aromatic carbocycles. The molecule has 1 atom stereocenters. The van der Waals surface area contributed by atoms with Crippen LogP contribution in [-0.4, -0.2) is 30.6 Å². The minimum absolute atomic E-state index is 0.176. The van der Waals surface area contributed by atoms with Crippen LogP contribution >= 0.6 is 0 Å². The molecular formula is C11H24O3S. The summed E-state index contributed by atoms with van der Waals surface area (Å²) in [6.45, 7) is 9.30. The summed E-state index contributed by atoms with van der Waals surface area (Å²) in [6, 6.07) is 0. The molecule has 1 N–H and O–H groups in total. The van der Waals surface area contributed by atoms with Gasteiger partial charge < -0.3 is 5.11 Å². The highest BCUT2D eigenvalue weighted by Gasteiger charge is 2.34. The van der Waals surface area contributed by atoms with Gasteiger partial charge in [0, 0.05) is 5.75 Å². The van der Waals surface area contributed by atoms with Gasteiger partial charge in [-0.1, -0.05) is 27.7 Å². The molecule has 3 nitrogen and oxygen atoms in total. The number of sulfone groups is 1. The fourth-order valence-electron chi connectivity index (χ4n) is 1.16. The number of hydrogen-bond donors (Lipinski definition) is 1. The maximum atomic E-state index is 11.3.